The maximum Gasteiger partial charge on any atom is 0.251 e. The number of rotatable bonds is 5. The fourth-order valence-electron chi connectivity index (χ4n) is 2.45. The summed E-state index contributed by atoms with van der Waals surface area (Å²) in [5, 5.41) is 17.1. The third-order valence-electron chi connectivity index (χ3n) is 3.69. The van der Waals surface area contributed by atoms with E-state index in [0.717, 1.165) is 5.56 Å². The number of amides is 1. The number of fused-ring (bicyclic) bond motifs is 1. The molecule has 25 heavy (non-hydrogen) atoms. The van der Waals surface area contributed by atoms with Crippen LogP contribution in [0.25, 0.3) is 11.0 Å². The number of benzene rings is 2. The predicted octanol–water partition coefficient (Wildman–Crippen LogP) is 1.86. The molecule has 8 nitrogen and oxygen atoms in total. The van der Waals surface area contributed by atoms with Crippen LogP contribution in [0.15, 0.2) is 53.1 Å². The van der Waals surface area contributed by atoms with E-state index >= 15 is 0 Å². The van der Waals surface area contributed by atoms with E-state index in [2.05, 4.69) is 30.9 Å². The third kappa shape index (κ3) is 3.37. The second-order valence-electron chi connectivity index (χ2n) is 5.48. The molecular weight excluding hydrogens is 320 g/mol. The fourth-order valence-corrected chi connectivity index (χ4v) is 2.45. The zero-order chi connectivity index (χ0) is 17.1. The molecule has 1 amide bonds. The van der Waals surface area contributed by atoms with Crippen LogP contribution >= 0.6 is 0 Å². The number of carbonyl (C=O) groups excluding carboxylic acids is 1. The van der Waals surface area contributed by atoms with Gasteiger partial charge < -0.3 is 9.84 Å². The number of nitrogens with zero attached hydrogens (tertiary/aromatic N) is 4. The van der Waals surface area contributed by atoms with Crippen molar-refractivity contribution < 1.29 is 9.32 Å². The smallest absolute Gasteiger partial charge is 0.251 e. The molecule has 2 N–H and O–H groups in total. The van der Waals surface area contributed by atoms with Crippen LogP contribution in [0.2, 0.25) is 0 Å². The van der Waals surface area contributed by atoms with Gasteiger partial charge in [0.05, 0.1) is 6.54 Å². The molecular formula is C17H14N6O2. The van der Waals surface area contributed by atoms with Crippen molar-refractivity contribution in [1.82, 2.24) is 30.9 Å². The summed E-state index contributed by atoms with van der Waals surface area (Å²) in [7, 11) is 0. The standard InChI is InChI=1S/C17H14N6O2/c24-17(12-6-7-13-14(9-12)21-23-20-13)18-10-16-19-15(22-25-16)8-11-4-2-1-3-5-11/h1-7,9H,8,10H2,(H,18,24)(H,20,21,23). The van der Waals surface area contributed by atoms with Gasteiger partial charge in [-0.1, -0.05) is 35.5 Å². The Bertz CT molecular complexity index is 1010. The van der Waals surface area contributed by atoms with Crippen molar-refractivity contribution >= 4 is 16.9 Å². The lowest BCUT2D eigenvalue weighted by Gasteiger charge is -2.01. The number of aromatic amines is 1. The van der Waals surface area contributed by atoms with Gasteiger partial charge in [0.15, 0.2) is 5.82 Å². The minimum Gasteiger partial charge on any atom is -0.343 e. The molecule has 0 saturated carbocycles. The minimum absolute atomic E-state index is 0.164. The summed E-state index contributed by atoms with van der Waals surface area (Å²) in [5.41, 5.74) is 2.93. The fraction of sp³-hybridized carbons (Fsp3) is 0.118. The van der Waals surface area contributed by atoms with Gasteiger partial charge in [0, 0.05) is 12.0 Å². The highest BCUT2D eigenvalue weighted by Gasteiger charge is 2.11. The number of hydrogen-bond acceptors (Lipinski definition) is 6. The molecule has 0 fully saturated rings. The van der Waals surface area contributed by atoms with Gasteiger partial charge in [-0.05, 0) is 23.8 Å². The van der Waals surface area contributed by atoms with E-state index in [9.17, 15) is 4.79 Å². The second-order valence-corrected chi connectivity index (χ2v) is 5.48. The van der Waals surface area contributed by atoms with Gasteiger partial charge in [0.2, 0.25) is 5.89 Å². The van der Waals surface area contributed by atoms with Gasteiger partial charge in [-0.3, -0.25) is 4.79 Å². The molecule has 0 atom stereocenters. The van der Waals surface area contributed by atoms with Crippen LogP contribution in [0, 0.1) is 0 Å². The monoisotopic (exact) mass is 334 g/mol. The Balaban J connectivity index is 1.38. The molecule has 4 aromatic rings. The van der Waals surface area contributed by atoms with E-state index in [-0.39, 0.29) is 12.5 Å². The maximum atomic E-state index is 12.2. The minimum atomic E-state index is -0.243. The topological polar surface area (TPSA) is 110 Å². The molecule has 124 valence electrons. The highest BCUT2D eigenvalue weighted by Crippen LogP contribution is 2.11. The Morgan fingerprint density at radius 1 is 1.08 bits per heavy atom. The van der Waals surface area contributed by atoms with E-state index in [4.69, 9.17) is 4.52 Å². The molecule has 4 rings (SSSR count). The second kappa shape index (κ2) is 6.52. The first-order valence-corrected chi connectivity index (χ1v) is 7.72. The first-order chi connectivity index (χ1) is 12.3. The first kappa shape index (κ1) is 15.0. The summed E-state index contributed by atoms with van der Waals surface area (Å²) in [6.45, 7) is 0.164. The zero-order valence-electron chi connectivity index (χ0n) is 13.1. The summed E-state index contributed by atoms with van der Waals surface area (Å²) >= 11 is 0. The number of aromatic nitrogens is 5. The summed E-state index contributed by atoms with van der Waals surface area (Å²) in [5.74, 6) is 0.703. The van der Waals surface area contributed by atoms with Crippen molar-refractivity contribution in [1.29, 1.82) is 0 Å². The van der Waals surface area contributed by atoms with Crippen molar-refractivity contribution in [2.24, 2.45) is 0 Å². The van der Waals surface area contributed by atoms with Gasteiger partial charge in [-0.15, -0.1) is 0 Å². The molecule has 0 radical (unpaired) electrons. The molecule has 0 bridgehead atoms. The normalized spacial score (nSPS) is 10.9. The summed E-state index contributed by atoms with van der Waals surface area (Å²) in [4.78, 5) is 16.5. The Morgan fingerprint density at radius 3 is 2.80 bits per heavy atom. The number of carbonyl (C=O) groups is 1. The lowest BCUT2D eigenvalue weighted by atomic mass is 10.1. The Labute approximate surface area is 142 Å². The maximum absolute atomic E-state index is 12.2. The molecule has 8 heteroatoms. The largest absolute Gasteiger partial charge is 0.343 e. The van der Waals surface area contributed by atoms with Crippen LogP contribution in [0.1, 0.15) is 27.6 Å². The van der Waals surface area contributed by atoms with Crippen LogP contribution in [0.5, 0.6) is 0 Å². The third-order valence-corrected chi connectivity index (χ3v) is 3.69. The van der Waals surface area contributed by atoms with Crippen molar-refractivity contribution in [2.45, 2.75) is 13.0 Å². The van der Waals surface area contributed by atoms with Gasteiger partial charge in [0.1, 0.15) is 11.0 Å². The Hall–Kier alpha value is -3.55. The van der Waals surface area contributed by atoms with Crippen LogP contribution in [0.4, 0.5) is 0 Å². The summed E-state index contributed by atoms with van der Waals surface area (Å²) in [6.07, 6.45) is 0.584. The van der Waals surface area contributed by atoms with Crippen molar-refractivity contribution in [3.8, 4) is 0 Å². The van der Waals surface area contributed by atoms with E-state index in [1.165, 1.54) is 0 Å². The molecule has 0 unspecified atom stereocenters. The van der Waals surface area contributed by atoms with Crippen LogP contribution < -0.4 is 5.32 Å². The number of H-pyrrole nitrogens is 1. The van der Waals surface area contributed by atoms with Gasteiger partial charge in [-0.2, -0.15) is 20.4 Å². The highest BCUT2D eigenvalue weighted by molar-refractivity contribution is 5.97. The molecule has 0 aliphatic carbocycles. The molecule has 0 spiro atoms. The lowest BCUT2D eigenvalue weighted by molar-refractivity contribution is 0.0946. The van der Waals surface area contributed by atoms with E-state index in [1.54, 1.807) is 18.2 Å². The van der Waals surface area contributed by atoms with Crippen LogP contribution in [-0.4, -0.2) is 31.5 Å². The molecule has 2 aromatic carbocycles. The molecule has 2 heterocycles. The summed E-state index contributed by atoms with van der Waals surface area (Å²) in [6, 6.07) is 15.0. The molecule has 2 aromatic heterocycles. The molecule has 0 aliphatic heterocycles. The first-order valence-electron chi connectivity index (χ1n) is 7.72. The Morgan fingerprint density at radius 2 is 1.92 bits per heavy atom. The molecule has 0 saturated heterocycles. The van der Waals surface area contributed by atoms with Crippen molar-refractivity contribution in [3.63, 3.8) is 0 Å². The SMILES string of the molecule is O=C(NCc1nc(Cc2ccccc2)no1)c1ccc2n[nH]nc2c1. The van der Waals surface area contributed by atoms with Crippen LogP contribution in [-0.2, 0) is 13.0 Å². The van der Waals surface area contributed by atoms with Crippen molar-refractivity contribution in [2.75, 3.05) is 0 Å². The zero-order valence-corrected chi connectivity index (χ0v) is 13.1. The quantitative estimate of drug-likeness (QED) is 0.576. The van der Waals surface area contributed by atoms with E-state index < -0.39 is 0 Å². The average Bonchev–Trinajstić information content (AvgIpc) is 3.29. The highest BCUT2D eigenvalue weighted by atomic mass is 16.5. The lowest BCUT2D eigenvalue weighted by Crippen LogP contribution is -2.22. The van der Waals surface area contributed by atoms with Crippen molar-refractivity contribution in [3.05, 3.63) is 71.4 Å². The summed E-state index contributed by atoms with van der Waals surface area (Å²) < 4.78 is 5.18. The van der Waals surface area contributed by atoms with Crippen LogP contribution in [0.3, 0.4) is 0 Å². The number of hydrogen-bond donors (Lipinski definition) is 2. The number of nitrogens with one attached hydrogen (secondary N) is 2. The van der Waals surface area contributed by atoms with E-state index in [1.807, 2.05) is 30.3 Å². The van der Waals surface area contributed by atoms with Gasteiger partial charge in [0.25, 0.3) is 5.91 Å². The predicted molar refractivity (Wildman–Crippen MR) is 88.6 cm³/mol. The van der Waals surface area contributed by atoms with Gasteiger partial charge >= 0.3 is 0 Å². The Kier molecular flexibility index (Phi) is 3.91. The van der Waals surface area contributed by atoms with Gasteiger partial charge in [-0.25, -0.2) is 0 Å². The van der Waals surface area contributed by atoms with E-state index in [0.29, 0.717) is 34.7 Å². The molecule has 0 aliphatic rings. The average molecular weight is 334 g/mol.